The van der Waals surface area contributed by atoms with Gasteiger partial charge in [-0.25, -0.2) is 0 Å². The SMILES string of the molecule is CCCCC/C=C\C/C=C\CCCCCCCC(=O)OCC(CO)OC(=O)CCCCCCCCCCCCCCC/C=C\C/C=C\CCCCCCC. The fourth-order valence-electron chi connectivity index (χ4n) is 6.56. The van der Waals surface area contributed by atoms with Gasteiger partial charge >= 0.3 is 11.9 Å². The van der Waals surface area contributed by atoms with Crippen LogP contribution in [0.25, 0.3) is 0 Å². The first kappa shape index (κ1) is 51.9. The van der Waals surface area contributed by atoms with E-state index in [0.717, 1.165) is 57.8 Å². The standard InChI is InChI=1S/C49H88O5/c1-3-5-7-9-11-13-15-17-19-20-21-22-23-24-25-26-27-28-30-32-34-36-38-40-42-44-49(52)54-47(45-50)46-53-48(51)43-41-39-37-35-33-31-29-18-16-14-12-10-8-6-4-2/h12,14-15,17-18,20-21,29,47,50H,3-11,13,16,19,22-28,30-46H2,1-2H3/b14-12-,17-15-,21-20-,29-18-. The third-order valence-electron chi connectivity index (χ3n) is 10.1. The van der Waals surface area contributed by atoms with E-state index >= 15 is 0 Å². The number of carbonyl (C=O) groups is 2. The Morgan fingerprint density at radius 1 is 0.426 bits per heavy atom. The summed E-state index contributed by atoms with van der Waals surface area (Å²) in [6.45, 7) is 4.10. The number of aliphatic hydroxyl groups is 1. The van der Waals surface area contributed by atoms with Gasteiger partial charge in [0.15, 0.2) is 6.10 Å². The highest BCUT2D eigenvalue weighted by Gasteiger charge is 2.16. The largest absolute Gasteiger partial charge is 0.462 e. The smallest absolute Gasteiger partial charge is 0.306 e. The van der Waals surface area contributed by atoms with E-state index in [1.165, 1.54) is 148 Å². The first-order valence-electron chi connectivity index (χ1n) is 23.2. The van der Waals surface area contributed by atoms with Crippen molar-refractivity contribution in [3.05, 3.63) is 48.6 Å². The number of ether oxygens (including phenoxy) is 2. The molecule has 0 heterocycles. The molecular formula is C49H88O5. The molecular weight excluding hydrogens is 669 g/mol. The number of hydrogen-bond acceptors (Lipinski definition) is 5. The maximum atomic E-state index is 12.2. The lowest BCUT2D eigenvalue weighted by atomic mass is 10.0. The number of allylic oxidation sites excluding steroid dienone is 8. The van der Waals surface area contributed by atoms with Gasteiger partial charge in [-0.1, -0.05) is 191 Å². The maximum absolute atomic E-state index is 12.2. The summed E-state index contributed by atoms with van der Waals surface area (Å²) in [4.78, 5) is 24.3. The molecule has 1 unspecified atom stereocenters. The molecule has 0 aromatic rings. The number of unbranched alkanes of at least 4 members (excludes halogenated alkanes) is 26. The van der Waals surface area contributed by atoms with Crippen LogP contribution in [-0.4, -0.2) is 36.4 Å². The monoisotopic (exact) mass is 757 g/mol. The third kappa shape index (κ3) is 42.6. The van der Waals surface area contributed by atoms with Gasteiger partial charge in [-0.3, -0.25) is 9.59 Å². The minimum absolute atomic E-state index is 0.0728. The molecule has 0 aliphatic rings. The van der Waals surface area contributed by atoms with Gasteiger partial charge in [0.25, 0.3) is 0 Å². The van der Waals surface area contributed by atoms with Crippen LogP contribution in [0.2, 0.25) is 0 Å². The Morgan fingerprint density at radius 3 is 1.13 bits per heavy atom. The highest BCUT2D eigenvalue weighted by atomic mass is 16.6. The Labute approximate surface area is 335 Å². The van der Waals surface area contributed by atoms with E-state index in [1.807, 2.05) is 0 Å². The number of rotatable bonds is 42. The lowest BCUT2D eigenvalue weighted by molar-refractivity contribution is -0.161. The first-order chi connectivity index (χ1) is 26.6. The van der Waals surface area contributed by atoms with Crippen molar-refractivity contribution in [3.63, 3.8) is 0 Å². The van der Waals surface area contributed by atoms with Crippen molar-refractivity contribution in [2.75, 3.05) is 13.2 Å². The number of esters is 2. The molecule has 0 saturated heterocycles. The van der Waals surface area contributed by atoms with Crippen LogP contribution in [0.5, 0.6) is 0 Å². The van der Waals surface area contributed by atoms with E-state index in [4.69, 9.17) is 9.47 Å². The van der Waals surface area contributed by atoms with Crippen molar-refractivity contribution < 1.29 is 24.2 Å². The summed E-state index contributed by atoms with van der Waals surface area (Å²) >= 11 is 0. The molecule has 1 N–H and O–H groups in total. The summed E-state index contributed by atoms with van der Waals surface area (Å²) in [5.41, 5.74) is 0. The molecule has 0 saturated carbocycles. The molecule has 0 rings (SSSR count). The average Bonchev–Trinajstić information content (AvgIpc) is 3.17. The van der Waals surface area contributed by atoms with E-state index in [-0.39, 0.29) is 25.2 Å². The Morgan fingerprint density at radius 2 is 0.741 bits per heavy atom. The van der Waals surface area contributed by atoms with E-state index in [2.05, 4.69) is 62.5 Å². The molecule has 0 aliphatic carbocycles. The predicted octanol–water partition coefficient (Wildman–Crippen LogP) is 15.0. The average molecular weight is 757 g/mol. The molecule has 0 spiro atoms. The Kier molecular flexibility index (Phi) is 43.5. The fourth-order valence-corrected chi connectivity index (χ4v) is 6.56. The fraction of sp³-hybridized carbons (Fsp3) is 0.796. The summed E-state index contributed by atoms with van der Waals surface area (Å²) < 4.78 is 10.6. The van der Waals surface area contributed by atoms with Crippen molar-refractivity contribution in [1.29, 1.82) is 0 Å². The van der Waals surface area contributed by atoms with Crippen LogP contribution < -0.4 is 0 Å². The van der Waals surface area contributed by atoms with Crippen LogP contribution >= 0.6 is 0 Å². The molecule has 314 valence electrons. The second kappa shape index (κ2) is 45.3. The normalized spacial score (nSPS) is 12.6. The first-order valence-corrected chi connectivity index (χ1v) is 23.2. The lowest BCUT2D eigenvalue weighted by Crippen LogP contribution is -2.28. The third-order valence-corrected chi connectivity index (χ3v) is 10.1. The van der Waals surface area contributed by atoms with Gasteiger partial charge in [-0.2, -0.15) is 0 Å². The zero-order valence-corrected chi connectivity index (χ0v) is 35.7. The minimum Gasteiger partial charge on any atom is -0.462 e. The van der Waals surface area contributed by atoms with Gasteiger partial charge in [-0.15, -0.1) is 0 Å². The highest BCUT2D eigenvalue weighted by Crippen LogP contribution is 2.15. The molecule has 0 radical (unpaired) electrons. The van der Waals surface area contributed by atoms with E-state index in [0.29, 0.717) is 12.8 Å². The summed E-state index contributed by atoms with van der Waals surface area (Å²) in [5, 5.41) is 9.59. The number of carbonyl (C=O) groups excluding carboxylic acids is 2. The molecule has 54 heavy (non-hydrogen) atoms. The van der Waals surface area contributed by atoms with Gasteiger partial charge in [0, 0.05) is 12.8 Å². The van der Waals surface area contributed by atoms with E-state index < -0.39 is 6.10 Å². The van der Waals surface area contributed by atoms with E-state index in [9.17, 15) is 14.7 Å². The zero-order chi connectivity index (χ0) is 39.3. The summed E-state index contributed by atoms with van der Waals surface area (Å²) in [6.07, 6.45) is 57.6. The lowest BCUT2D eigenvalue weighted by Gasteiger charge is -2.15. The van der Waals surface area contributed by atoms with Crippen molar-refractivity contribution in [2.45, 2.75) is 238 Å². The maximum Gasteiger partial charge on any atom is 0.306 e. The van der Waals surface area contributed by atoms with Crippen LogP contribution in [-0.2, 0) is 19.1 Å². The molecule has 0 fully saturated rings. The van der Waals surface area contributed by atoms with Gasteiger partial charge in [0.2, 0.25) is 0 Å². The van der Waals surface area contributed by atoms with Crippen LogP contribution in [0, 0.1) is 0 Å². The summed E-state index contributed by atoms with van der Waals surface area (Å²) in [6, 6.07) is 0. The van der Waals surface area contributed by atoms with Gasteiger partial charge in [0.1, 0.15) is 6.61 Å². The molecule has 1 atom stereocenters. The zero-order valence-electron chi connectivity index (χ0n) is 35.7. The highest BCUT2D eigenvalue weighted by molar-refractivity contribution is 5.70. The van der Waals surface area contributed by atoms with Gasteiger partial charge in [0.05, 0.1) is 6.61 Å². The molecule has 0 aromatic heterocycles. The van der Waals surface area contributed by atoms with Crippen molar-refractivity contribution in [2.24, 2.45) is 0 Å². The van der Waals surface area contributed by atoms with Crippen LogP contribution in [0.4, 0.5) is 0 Å². The van der Waals surface area contributed by atoms with E-state index in [1.54, 1.807) is 0 Å². The van der Waals surface area contributed by atoms with Crippen molar-refractivity contribution >= 4 is 11.9 Å². The molecule has 0 bridgehead atoms. The number of hydrogen-bond donors (Lipinski definition) is 1. The second-order valence-corrected chi connectivity index (χ2v) is 15.5. The summed E-state index contributed by atoms with van der Waals surface area (Å²) in [5.74, 6) is -0.603. The Balaban J connectivity index is 3.51. The van der Waals surface area contributed by atoms with Crippen LogP contribution in [0.1, 0.15) is 232 Å². The predicted molar refractivity (Wildman–Crippen MR) is 233 cm³/mol. The Bertz CT molecular complexity index is 904. The Hall–Kier alpha value is -2.14. The van der Waals surface area contributed by atoms with Gasteiger partial charge < -0.3 is 14.6 Å². The molecule has 5 heteroatoms. The van der Waals surface area contributed by atoms with Crippen LogP contribution in [0.15, 0.2) is 48.6 Å². The van der Waals surface area contributed by atoms with Crippen molar-refractivity contribution in [1.82, 2.24) is 0 Å². The topological polar surface area (TPSA) is 72.8 Å². The molecule has 0 aliphatic heterocycles. The molecule has 0 aromatic carbocycles. The second-order valence-electron chi connectivity index (χ2n) is 15.5. The summed E-state index contributed by atoms with van der Waals surface area (Å²) in [7, 11) is 0. The quantitative estimate of drug-likeness (QED) is 0.0381. The van der Waals surface area contributed by atoms with Crippen molar-refractivity contribution in [3.8, 4) is 0 Å². The molecule has 0 amide bonds. The number of aliphatic hydroxyl groups excluding tert-OH is 1. The van der Waals surface area contributed by atoms with Crippen LogP contribution in [0.3, 0.4) is 0 Å². The van der Waals surface area contributed by atoms with Gasteiger partial charge in [-0.05, 0) is 77.0 Å². The molecule has 5 nitrogen and oxygen atoms in total. The minimum atomic E-state index is -0.778.